The molecular formula is C10H9BrN2O2. The number of rotatable bonds is 2. The maximum Gasteiger partial charge on any atom is 0.404 e. The van der Waals surface area contributed by atoms with Crippen molar-refractivity contribution in [3.63, 3.8) is 0 Å². The van der Waals surface area contributed by atoms with E-state index in [0.717, 1.165) is 4.47 Å². The van der Waals surface area contributed by atoms with Crippen LogP contribution < -0.4 is 5.32 Å². The van der Waals surface area contributed by atoms with Gasteiger partial charge in [-0.25, -0.2) is 9.78 Å². The third-order valence-electron chi connectivity index (χ3n) is 1.46. The highest BCUT2D eigenvalue weighted by Gasteiger charge is 1.91. The van der Waals surface area contributed by atoms with Gasteiger partial charge in [-0.3, -0.25) is 0 Å². The van der Waals surface area contributed by atoms with Crippen LogP contribution in [0, 0.1) is 11.8 Å². The van der Waals surface area contributed by atoms with Gasteiger partial charge in [-0.05, 0) is 18.1 Å². The minimum absolute atomic E-state index is 0.330. The van der Waals surface area contributed by atoms with Crippen LogP contribution in [-0.2, 0) is 0 Å². The summed E-state index contributed by atoms with van der Waals surface area (Å²) in [4.78, 5) is 14.1. The first kappa shape index (κ1) is 11.5. The van der Waals surface area contributed by atoms with Gasteiger partial charge in [-0.15, -0.1) is 0 Å². The SMILES string of the molecule is O=C(O)NCCC#Cc1cc(Br)ccn1. The standard InChI is InChI=1S/C10H9BrN2O2/c11-8-4-6-12-9(7-8)3-1-2-5-13-10(14)15/h4,6-7,13H,2,5H2,(H,14,15). The monoisotopic (exact) mass is 268 g/mol. The molecule has 0 radical (unpaired) electrons. The molecule has 4 nitrogen and oxygen atoms in total. The molecule has 1 amide bonds. The number of carboxylic acid groups (broad SMARTS) is 1. The van der Waals surface area contributed by atoms with E-state index in [0.29, 0.717) is 18.7 Å². The lowest BCUT2D eigenvalue weighted by Crippen LogP contribution is -2.21. The molecule has 0 aliphatic rings. The van der Waals surface area contributed by atoms with Crippen molar-refractivity contribution < 1.29 is 9.90 Å². The van der Waals surface area contributed by atoms with Crippen molar-refractivity contribution in [3.8, 4) is 11.8 Å². The van der Waals surface area contributed by atoms with Crippen LogP contribution in [0.3, 0.4) is 0 Å². The van der Waals surface area contributed by atoms with Gasteiger partial charge in [-0.1, -0.05) is 21.9 Å². The predicted octanol–water partition coefficient (Wildman–Crippen LogP) is 1.85. The summed E-state index contributed by atoms with van der Waals surface area (Å²) in [7, 11) is 0. The van der Waals surface area contributed by atoms with Crippen molar-refractivity contribution in [2.24, 2.45) is 0 Å². The molecule has 1 aromatic heterocycles. The lowest BCUT2D eigenvalue weighted by molar-refractivity contribution is 0.195. The second kappa shape index (κ2) is 6.04. The minimum Gasteiger partial charge on any atom is -0.465 e. The number of amides is 1. The molecular weight excluding hydrogens is 260 g/mol. The fourth-order valence-corrected chi connectivity index (χ4v) is 1.19. The highest BCUT2D eigenvalue weighted by molar-refractivity contribution is 9.10. The van der Waals surface area contributed by atoms with Crippen LogP contribution >= 0.6 is 15.9 Å². The van der Waals surface area contributed by atoms with Crippen LogP contribution in [0.1, 0.15) is 12.1 Å². The van der Waals surface area contributed by atoms with E-state index in [1.807, 2.05) is 6.07 Å². The van der Waals surface area contributed by atoms with Crippen LogP contribution in [0.25, 0.3) is 0 Å². The molecule has 0 spiro atoms. The molecule has 0 aromatic carbocycles. The van der Waals surface area contributed by atoms with Gasteiger partial charge in [-0.2, -0.15) is 0 Å². The van der Waals surface area contributed by atoms with Crippen molar-refractivity contribution in [2.75, 3.05) is 6.54 Å². The Balaban J connectivity index is 2.41. The van der Waals surface area contributed by atoms with Gasteiger partial charge in [0.05, 0.1) is 0 Å². The second-order valence-corrected chi connectivity index (χ2v) is 3.56. The lowest BCUT2D eigenvalue weighted by atomic mass is 10.3. The Kier molecular flexibility index (Phi) is 4.64. The Morgan fingerprint density at radius 1 is 1.67 bits per heavy atom. The molecule has 0 fully saturated rings. The maximum atomic E-state index is 10.1. The quantitative estimate of drug-likeness (QED) is 0.636. The van der Waals surface area contributed by atoms with Crippen molar-refractivity contribution >= 4 is 22.0 Å². The minimum atomic E-state index is -1.03. The highest BCUT2D eigenvalue weighted by atomic mass is 79.9. The molecule has 78 valence electrons. The van der Waals surface area contributed by atoms with Crippen LogP contribution in [0.15, 0.2) is 22.8 Å². The van der Waals surface area contributed by atoms with E-state index < -0.39 is 6.09 Å². The Labute approximate surface area is 95.8 Å². The molecule has 5 heteroatoms. The third kappa shape index (κ3) is 5.03. The first-order valence-electron chi connectivity index (χ1n) is 4.25. The number of carbonyl (C=O) groups is 1. The molecule has 1 heterocycles. The molecule has 15 heavy (non-hydrogen) atoms. The lowest BCUT2D eigenvalue weighted by Gasteiger charge is -1.93. The van der Waals surface area contributed by atoms with Crippen LogP contribution in [0.2, 0.25) is 0 Å². The van der Waals surface area contributed by atoms with E-state index in [1.165, 1.54) is 0 Å². The van der Waals surface area contributed by atoms with Gasteiger partial charge in [0.1, 0.15) is 5.69 Å². The van der Waals surface area contributed by atoms with Gasteiger partial charge >= 0.3 is 6.09 Å². The molecule has 0 saturated carbocycles. The van der Waals surface area contributed by atoms with E-state index in [9.17, 15) is 4.79 Å². The van der Waals surface area contributed by atoms with Gasteiger partial charge in [0.25, 0.3) is 0 Å². The maximum absolute atomic E-state index is 10.1. The summed E-state index contributed by atoms with van der Waals surface area (Å²) in [6.45, 7) is 0.330. The molecule has 0 atom stereocenters. The summed E-state index contributed by atoms with van der Waals surface area (Å²) >= 11 is 3.31. The summed E-state index contributed by atoms with van der Waals surface area (Å²) in [5, 5.41) is 10.5. The fourth-order valence-electron chi connectivity index (χ4n) is 0.858. The second-order valence-electron chi connectivity index (χ2n) is 2.64. The first-order chi connectivity index (χ1) is 7.18. The van der Waals surface area contributed by atoms with E-state index in [4.69, 9.17) is 5.11 Å². The van der Waals surface area contributed by atoms with Crippen LogP contribution in [-0.4, -0.2) is 22.7 Å². The molecule has 2 N–H and O–H groups in total. The topological polar surface area (TPSA) is 62.2 Å². The Morgan fingerprint density at radius 2 is 2.47 bits per heavy atom. The number of nitrogens with one attached hydrogen (secondary N) is 1. The van der Waals surface area contributed by atoms with Crippen molar-refractivity contribution in [1.82, 2.24) is 10.3 Å². The summed E-state index contributed by atoms with van der Waals surface area (Å²) in [6, 6.07) is 3.62. The zero-order valence-electron chi connectivity index (χ0n) is 7.83. The zero-order valence-corrected chi connectivity index (χ0v) is 9.41. The summed E-state index contributed by atoms with van der Waals surface area (Å²) < 4.78 is 0.922. The van der Waals surface area contributed by atoms with Crippen LogP contribution in [0.5, 0.6) is 0 Å². The zero-order chi connectivity index (χ0) is 11.1. The molecule has 1 aromatic rings. The first-order valence-corrected chi connectivity index (χ1v) is 5.05. The molecule has 0 aliphatic carbocycles. The third-order valence-corrected chi connectivity index (χ3v) is 1.96. The van der Waals surface area contributed by atoms with Crippen molar-refractivity contribution in [2.45, 2.75) is 6.42 Å². The number of aromatic nitrogens is 1. The molecule has 0 unspecified atom stereocenters. The summed E-state index contributed by atoms with van der Waals surface area (Å²) in [5.41, 5.74) is 0.666. The summed E-state index contributed by atoms with van der Waals surface area (Å²) in [5.74, 6) is 5.66. The average molecular weight is 269 g/mol. The molecule has 0 saturated heterocycles. The number of hydrogen-bond donors (Lipinski definition) is 2. The van der Waals surface area contributed by atoms with Crippen molar-refractivity contribution in [3.05, 3.63) is 28.5 Å². The van der Waals surface area contributed by atoms with E-state index in [1.54, 1.807) is 12.3 Å². The van der Waals surface area contributed by atoms with E-state index in [-0.39, 0.29) is 0 Å². The molecule has 0 aliphatic heterocycles. The Hall–Kier alpha value is -1.54. The highest BCUT2D eigenvalue weighted by Crippen LogP contribution is 2.07. The number of nitrogens with zero attached hydrogens (tertiary/aromatic N) is 1. The molecule has 0 bridgehead atoms. The van der Waals surface area contributed by atoms with Crippen LogP contribution in [0.4, 0.5) is 4.79 Å². The average Bonchev–Trinajstić information content (AvgIpc) is 2.17. The Morgan fingerprint density at radius 3 is 3.13 bits per heavy atom. The van der Waals surface area contributed by atoms with Gasteiger partial charge in [0.15, 0.2) is 0 Å². The smallest absolute Gasteiger partial charge is 0.404 e. The van der Waals surface area contributed by atoms with Crippen molar-refractivity contribution in [1.29, 1.82) is 0 Å². The van der Waals surface area contributed by atoms with Gasteiger partial charge < -0.3 is 10.4 Å². The molecule has 1 rings (SSSR count). The number of hydrogen-bond acceptors (Lipinski definition) is 2. The normalized spacial score (nSPS) is 8.87. The largest absolute Gasteiger partial charge is 0.465 e. The van der Waals surface area contributed by atoms with Gasteiger partial charge in [0.2, 0.25) is 0 Å². The Bertz CT molecular complexity index is 409. The number of pyridine rings is 1. The number of halogens is 1. The van der Waals surface area contributed by atoms with Gasteiger partial charge in [0, 0.05) is 23.6 Å². The fraction of sp³-hybridized carbons (Fsp3) is 0.200. The van der Waals surface area contributed by atoms with E-state index in [2.05, 4.69) is 38.1 Å². The predicted molar refractivity (Wildman–Crippen MR) is 59.5 cm³/mol. The van der Waals surface area contributed by atoms with E-state index >= 15 is 0 Å². The summed E-state index contributed by atoms with van der Waals surface area (Å²) in [6.07, 6.45) is 1.10.